The highest BCUT2D eigenvalue weighted by Gasteiger charge is 1.92. The van der Waals surface area contributed by atoms with Crippen molar-refractivity contribution in [1.29, 1.82) is 0 Å². The molecule has 3 N–H and O–H groups in total. The molecular formula is C6H12NO2+. The summed E-state index contributed by atoms with van der Waals surface area (Å²) in [6.45, 7) is 4.50. The first-order valence-corrected chi connectivity index (χ1v) is 2.89. The first-order chi connectivity index (χ1) is 4.31. The lowest BCUT2D eigenvalue weighted by molar-refractivity contribution is -0.369. The smallest absolute Gasteiger partial charge is 0.330 e. The lowest BCUT2D eigenvalue weighted by atomic mass is 10.5. The fourth-order valence-corrected chi connectivity index (χ4v) is 0.334. The Labute approximate surface area is 54.5 Å². The van der Waals surface area contributed by atoms with Crippen LogP contribution in [0.4, 0.5) is 0 Å². The van der Waals surface area contributed by atoms with Gasteiger partial charge in [-0.25, -0.2) is 4.79 Å². The van der Waals surface area contributed by atoms with Crippen molar-refractivity contribution >= 4 is 5.97 Å². The molecule has 0 unspecified atom stereocenters. The van der Waals surface area contributed by atoms with Crippen LogP contribution in [0, 0.1) is 0 Å². The topological polar surface area (TPSA) is 53.9 Å². The van der Waals surface area contributed by atoms with Gasteiger partial charge in [0, 0.05) is 12.5 Å². The Morgan fingerprint density at radius 1 is 1.78 bits per heavy atom. The lowest BCUT2D eigenvalue weighted by Crippen LogP contribution is -2.50. The standard InChI is InChI=1S/C6H11NO2/c1-2-6(8)9-5-3-4-7/h2H,1,3-5,7H2/p+1. The molecule has 0 spiro atoms. The Balaban J connectivity index is 3.07. The Hall–Kier alpha value is -0.830. The van der Waals surface area contributed by atoms with Crippen molar-refractivity contribution in [2.45, 2.75) is 6.42 Å². The molecule has 0 aliphatic rings. The van der Waals surface area contributed by atoms with Crippen molar-refractivity contribution in [3.63, 3.8) is 0 Å². The van der Waals surface area contributed by atoms with Gasteiger partial charge in [0.05, 0.1) is 13.2 Å². The molecule has 0 aliphatic heterocycles. The zero-order valence-electron chi connectivity index (χ0n) is 5.43. The van der Waals surface area contributed by atoms with E-state index < -0.39 is 0 Å². The van der Waals surface area contributed by atoms with Crippen molar-refractivity contribution in [1.82, 2.24) is 0 Å². The van der Waals surface area contributed by atoms with Gasteiger partial charge in [0.1, 0.15) is 0 Å². The number of carbonyl (C=O) groups is 1. The van der Waals surface area contributed by atoms with Crippen LogP contribution >= 0.6 is 0 Å². The van der Waals surface area contributed by atoms with Crippen molar-refractivity contribution in [3.8, 4) is 0 Å². The molecular weight excluding hydrogens is 118 g/mol. The normalized spacial score (nSPS) is 8.56. The van der Waals surface area contributed by atoms with Gasteiger partial charge < -0.3 is 10.5 Å². The van der Waals surface area contributed by atoms with E-state index in [4.69, 9.17) is 0 Å². The van der Waals surface area contributed by atoms with Crippen molar-refractivity contribution in [2.24, 2.45) is 0 Å². The van der Waals surface area contributed by atoms with E-state index >= 15 is 0 Å². The molecule has 0 bridgehead atoms. The molecule has 0 heterocycles. The molecule has 0 aromatic heterocycles. The van der Waals surface area contributed by atoms with Crippen LogP contribution in [0.1, 0.15) is 6.42 Å². The molecule has 0 aromatic carbocycles. The lowest BCUT2D eigenvalue weighted by Gasteiger charge is -1.96. The number of carbonyl (C=O) groups excluding carboxylic acids is 1. The summed E-state index contributed by atoms with van der Waals surface area (Å²) in [7, 11) is 0. The second-order valence-corrected chi connectivity index (χ2v) is 1.58. The summed E-state index contributed by atoms with van der Waals surface area (Å²) in [5, 5.41) is 0. The Morgan fingerprint density at radius 2 is 2.44 bits per heavy atom. The molecule has 9 heavy (non-hydrogen) atoms. The van der Waals surface area contributed by atoms with Gasteiger partial charge in [-0.3, -0.25) is 0 Å². The number of hydrogen-bond acceptors (Lipinski definition) is 2. The molecule has 0 aliphatic carbocycles. The molecule has 3 nitrogen and oxygen atoms in total. The highest BCUT2D eigenvalue weighted by Crippen LogP contribution is 1.80. The second-order valence-electron chi connectivity index (χ2n) is 1.58. The van der Waals surface area contributed by atoms with Gasteiger partial charge in [0.2, 0.25) is 0 Å². The fourth-order valence-electron chi connectivity index (χ4n) is 0.334. The molecule has 3 heteroatoms. The van der Waals surface area contributed by atoms with Crippen LogP contribution < -0.4 is 5.73 Å². The number of quaternary nitrogens is 1. The minimum atomic E-state index is -0.358. The van der Waals surface area contributed by atoms with Gasteiger partial charge in [-0.2, -0.15) is 0 Å². The third kappa shape index (κ3) is 5.03. The van der Waals surface area contributed by atoms with E-state index in [1.54, 1.807) is 0 Å². The number of rotatable bonds is 4. The van der Waals surface area contributed by atoms with Crippen molar-refractivity contribution < 1.29 is 15.3 Å². The summed E-state index contributed by atoms with van der Waals surface area (Å²) >= 11 is 0. The van der Waals surface area contributed by atoms with Crippen LogP contribution in [0.3, 0.4) is 0 Å². The third-order valence-corrected chi connectivity index (χ3v) is 0.805. The molecule has 0 aromatic rings. The van der Waals surface area contributed by atoms with E-state index in [1.807, 2.05) is 0 Å². The van der Waals surface area contributed by atoms with Crippen LogP contribution in [0.15, 0.2) is 12.7 Å². The molecule has 0 atom stereocenters. The molecule has 52 valence electrons. The summed E-state index contributed by atoms with van der Waals surface area (Å²) in [6, 6.07) is 0. The SMILES string of the molecule is C=CC(=O)OCCC[NH3+]. The predicted octanol–water partition coefficient (Wildman–Crippen LogP) is -0.652. The van der Waals surface area contributed by atoms with E-state index in [-0.39, 0.29) is 5.97 Å². The first-order valence-electron chi connectivity index (χ1n) is 2.89. The minimum absolute atomic E-state index is 0.358. The number of hydrogen-bond donors (Lipinski definition) is 1. The molecule has 0 saturated carbocycles. The molecule has 0 radical (unpaired) electrons. The maximum atomic E-state index is 10.3. The van der Waals surface area contributed by atoms with E-state index in [0.29, 0.717) is 6.61 Å². The monoisotopic (exact) mass is 130 g/mol. The Morgan fingerprint density at radius 3 is 2.89 bits per heavy atom. The highest BCUT2D eigenvalue weighted by atomic mass is 16.5. The third-order valence-electron chi connectivity index (χ3n) is 0.805. The van der Waals surface area contributed by atoms with Crippen LogP contribution in [0.25, 0.3) is 0 Å². The van der Waals surface area contributed by atoms with E-state index in [0.717, 1.165) is 19.0 Å². The molecule has 0 fully saturated rings. The van der Waals surface area contributed by atoms with Crippen LogP contribution in [-0.2, 0) is 9.53 Å². The van der Waals surface area contributed by atoms with Crippen LogP contribution in [0.2, 0.25) is 0 Å². The van der Waals surface area contributed by atoms with Crippen LogP contribution in [-0.4, -0.2) is 19.1 Å². The second kappa shape index (κ2) is 5.31. The first kappa shape index (κ1) is 8.17. The molecule has 0 amide bonds. The van der Waals surface area contributed by atoms with Gasteiger partial charge in [-0.05, 0) is 0 Å². The minimum Gasteiger partial charge on any atom is -0.462 e. The van der Waals surface area contributed by atoms with Crippen LogP contribution in [0.5, 0.6) is 0 Å². The summed E-state index contributed by atoms with van der Waals surface area (Å²) in [4.78, 5) is 10.3. The van der Waals surface area contributed by atoms with E-state index in [9.17, 15) is 4.79 Å². The number of esters is 1. The molecule has 0 rings (SSSR count). The fraction of sp³-hybridized carbons (Fsp3) is 0.500. The maximum absolute atomic E-state index is 10.3. The quantitative estimate of drug-likeness (QED) is 0.312. The zero-order valence-corrected chi connectivity index (χ0v) is 5.43. The maximum Gasteiger partial charge on any atom is 0.330 e. The number of ether oxygens (including phenoxy) is 1. The van der Waals surface area contributed by atoms with Gasteiger partial charge >= 0.3 is 5.97 Å². The summed E-state index contributed by atoms with van der Waals surface area (Å²) < 4.78 is 4.63. The average molecular weight is 130 g/mol. The predicted molar refractivity (Wildman–Crippen MR) is 33.5 cm³/mol. The molecule has 0 saturated heterocycles. The Bertz CT molecular complexity index is 101. The van der Waals surface area contributed by atoms with Gasteiger partial charge in [0.15, 0.2) is 0 Å². The van der Waals surface area contributed by atoms with Gasteiger partial charge in [-0.15, -0.1) is 0 Å². The Kier molecular flexibility index (Phi) is 4.82. The van der Waals surface area contributed by atoms with Gasteiger partial charge in [-0.1, -0.05) is 6.58 Å². The summed E-state index contributed by atoms with van der Waals surface area (Å²) in [6.07, 6.45) is 1.97. The van der Waals surface area contributed by atoms with Crippen molar-refractivity contribution in [3.05, 3.63) is 12.7 Å². The van der Waals surface area contributed by atoms with Gasteiger partial charge in [0.25, 0.3) is 0 Å². The average Bonchev–Trinajstić information content (AvgIpc) is 1.89. The largest absolute Gasteiger partial charge is 0.462 e. The van der Waals surface area contributed by atoms with E-state index in [2.05, 4.69) is 17.0 Å². The zero-order chi connectivity index (χ0) is 7.11. The summed E-state index contributed by atoms with van der Waals surface area (Å²) in [5.41, 5.74) is 3.59. The van der Waals surface area contributed by atoms with E-state index in [1.165, 1.54) is 0 Å². The highest BCUT2D eigenvalue weighted by molar-refractivity contribution is 5.81. The van der Waals surface area contributed by atoms with Crippen molar-refractivity contribution in [2.75, 3.05) is 13.2 Å². The summed E-state index contributed by atoms with van der Waals surface area (Å²) in [5.74, 6) is -0.358.